The smallest absolute Gasteiger partial charge is 0.255 e. The van der Waals surface area contributed by atoms with Crippen molar-refractivity contribution in [1.29, 1.82) is 0 Å². The highest BCUT2D eigenvalue weighted by Crippen LogP contribution is 2.24. The SMILES string of the molecule is NC(=O)CC[C@@H]1NC(=O)C[C@@H](C(=O)NCCOc2ccc(Cl)cc2)NC(=O)c2ccccc2OC[C@H]2CCCN2C1=O. The summed E-state index contributed by atoms with van der Waals surface area (Å²) in [4.78, 5) is 66.3. The number of primary amides is 1. The molecule has 1 fully saturated rings. The first-order valence-corrected chi connectivity index (χ1v) is 14.2. The summed E-state index contributed by atoms with van der Waals surface area (Å²) in [5.74, 6) is -1.99. The Morgan fingerprint density at radius 3 is 2.62 bits per heavy atom. The van der Waals surface area contributed by atoms with Gasteiger partial charge < -0.3 is 36.1 Å². The molecule has 2 aromatic carbocycles. The fraction of sp³-hybridized carbons (Fsp3) is 0.414. The molecule has 2 aliphatic rings. The van der Waals surface area contributed by atoms with Crippen LogP contribution in [0.1, 0.15) is 42.5 Å². The van der Waals surface area contributed by atoms with Gasteiger partial charge in [-0.15, -0.1) is 0 Å². The number of halogens is 1. The monoisotopic (exact) mass is 599 g/mol. The predicted octanol–water partition coefficient (Wildman–Crippen LogP) is 1.16. The molecular formula is C29H34ClN5O7. The molecule has 2 aromatic rings. The molecule has 0 bridgehead atoms. The molecule has 12 nitrogen and oxygen atoms in total. The van der Waals surface area contributed by atoms with E-state index in [9.17, 15) is 24.0 Å². The molecule has 5 amide bonds. The molecule has 0 unspecified atom stereocenters. The van der Waals surface area contributed by atoms with Crippen LogP contribution in [0.2, 0.25) is 5.02 Å². The maximum atomic E-state index is 13.5. The van der Waals surface area contributed by atoms with Crippen LogP contribution in [0.25, 0.3) is 0 Å². The van der Waals surface area contributed by atoms with Gasteiger partial charge in [0.1, 0.15) is 36.8 Å². The van der Waals surface area contributed by atoms with Gasteiger partial charge in [0.2, 0.25) is 23.6 Å². The van der Waals surface area contributed by atoms with E-state index in [1.165, 1.54) is 0 Å². The van der Waals surface area contributed by atoms with E-state index < -0.39 is 42.1 Å². The summed E-state index contributed by atoms with van der Waals surface area (Å²) in [5.41, 5.74) is 5.51. The zero-order valence-corrected chi connectivity index (χ0v) is 23.7. The summed E-state index contributed by atoms with van der Waals surface area (Å²) in [7, 11) is 0. The molecule has 13 heteroatoms. The van der Waals surface area contributed by atoms with Crippen LogP contribution in [0.5, 0.6) is 11.5 Å². The van der Waals surface area contributed by atoms with E-state index in [0.29, 0.717) is 23.7 Å². The fourth-order valence-electron chi connectivity index (χ4n) is 4.89. The van der Waals surface area contributed by atoms with E-state index in [1.807, 2.05) is 0 Å². The lowest BCUT2D eigenvalue weighted by atomic mass is 10.1. The van der Waals surface area contributed by atoms with Crippen LogP contribution in [0, 0.1) is 0 Å². The number of ether oxygens (including phenoxy) is 2. The number of nitrogens with zero attached hydrogens (tertiary/aromatic N) is 1. The second kappa shape index (κ2) is 14.5. The van der Waals surface area contributed by atoms with E-state index >= 15 is 0 Å². The average Bonchev–Trinajstić information content (AvgIpc) is 3.44. The first kappa shape index (κ1) is 30.6. The average molecular weight is 600 g/mol. The Morgan fingerprint density at radius 1 is 1.10 bits per heavy atom. The van der Waals surface area contributed by atoms with Gasteiger partial charge in [-0.3, -0.25) is 24.0 Å². The molecule has 2 aliphatic heterocycles. The summed E-state index contributed by atoms with van der Waals surface area (Å²) < 4.78 is 11.6. The Balaban J connectivity index is 1.52. The molecule has 0 aromatic heterocycles. The van der Waals surface area contributed by atoms with Crippen LogP contribution < -0.4 is 31.2 Å². The highest BCUT2D eigenvalue weighted by atomic mass is 35.5. The molecule has 224 valence electrons. The van der Waals surface area contributed by atoms with Crippen LogP contribution in [0.3, 0.4) is 0 Å². The topological polar surface area (TPSA) is 169 Å². The van der Waals surface area contributed by atoms with E-state index in [1.54, 1.807) is 53.4 Å². The van der Waals surface area contributed by atoms with Crippen LogP contribution in [-0.2, 0) is 19.2 Å². The molecule has 0 aliphatic carbocycles. The number of amides is 5. The van der Waals surface area contributed by atoms with Gasteiger partial charge in [0, 0.05) is 18.0 Å². The number of hydrogen-bond acceptors (Lipinski definition) is 7. The van der Waals surface area contributed by atoms with Crippen LogP contribution in [-0.4, -0.2) is 78.9 Å². The number of hydrogen-bond donors (Lipinski definition) is 4. The Kier molecular flexibility index (Phi) is 10.6. The summed E-state index contributed by atoms with van der Waals surface area (Å²) in [6.07, 6.45) is 0.844. The molecule has 2 heterocycles. The Bertz CT molecular complexity index is 1310. The zero-order valence-electron chi connectivity index (χ0n) is 23.0. The number of rotatable bonds is 8. The van der Waals surface area contributed by atoms with Crippen molar-refractivity contribution in [1.82, 2.24) is 20.9 Å². The third kappa shape index (κ3) is 8.35. The van der Waals surface area contributed by atoms with Gasteiger partial charge in [0.25, 0.3) is 5.91 Å². The highest BCUT2D eigenvalue weighted by molar-refractivity contribution is 6.30. The highest BCUT2D eigenvalue weighted by Gasteiger charge is 2.36. The van der Waals surface area contributed by atoms with Crippen molar-refractivity contribution >= 4 is 41.1 Å². The van der Waals surface area contributed by atoms with E-state index in [2.05, 4.69) is 16.0 Å². The van der Waals surface area contributed by atoms with Crippen molar-refractivity contribution in [2.24, 2.45) is 5.73 Å². The fourth-order valence-corrected chi connectivity index (χ4v) is 5.02. The molecule has 0 spiro atoms. The minimum atomic E-state index is -1.28. The summed E-state index contributed by atoms with van der Waals surface area (Å²) >= 11 is 5.88. The van der Waals surface area contributed by atoms with Gasteiger partial charge in [0.05, 0.1) is 24.6 Å². The third-order valence-corrected chi connectivity index (χ3v) is 7.28. The Hall–Kier alpha value is -4.32. The lowest BCUT2D eigenvalue weighted by Crippen LogP contribution is -2.54. The molecule has 0 radical (unpaired) electrons. The van der Waals surface area contributed by atoms with Crippen molar-refractivity contribution < 1.29 is 33.4 Å². The molecular weight excluding hydrogens is 566 g/mol. The van der Waals surface area contributed by atoms with Crippen LogP contribution >= 0.6 is 11.6 Å². The molecule has 1 saturated heterocycles. The van der Waals surface area contributed by atoms with Crippen molar-refractivity contribution in [2.75, 3.05) is 26.3 Å². The molecule has 42 heavy (non-hydrogen) atoms. The largest absolute Gasteiger partial charge is 0.492 e. The second-order valence-corrected chi connectivity index (χ2v) is 10.5. The quantitative estimate of drug-likeness (QED) is 0.330. The van der Waals surface area contributed by atoms with E-state index in [-0.39, 0.29) is 55.9 Å². The zero-order chi connectivity index (χ0) is 30.1. The molecule has 0 saturated carbocycles. The Morgan fingerprint density at radius 2 is 1.86 bits per heavy atom. The van der Waals surface area contributed by atoms with Crippen molar-refractivity contribution in [2.45, 2.75) is 50.2 Å². The normalized spacial score (nSPS) is 21.1. The van der Waals surface area contributed by atoms with Crippen molar-refractivity contribution in [3.63, 3.8) is 0 Å². The maximum absolute atomic E-state index is 13.5. The number of fused-ring (bicyclic) bond motifs is 2. The number of para-hydroxylation sites is 1. The standard InChI is InChI=1S/C29H34ClN5O7/c30-18-7-9-20(10-8-18)41-15-13-32-28(39)23-16-26(37)33-22(11-12-25(31)36)29(40)35-14-3-4-19(35)17-42-24-6-2-1-5-21(24)27(38)34-23/h1-2,5-10,19,22-23H,3-4,11-17H2,(H2,31,36)(H,32,39)(H,33,37)(H,34,38)/t19-,22+,23+/m1/s1. The van der Waals surface area contributed by atoms with E-state index in [0.717, 1.165) is 6.42 Å². The summed E-state index contributed by atoms with van der Waals surface area (Å²) in [5, 5.41) is 8.51. The number of carbonyl (C=O) groups excluding carboxylic acids is 5. The molecule has 5 N–H and O–H groups in total. The minimum absolute atomic E-state index is 0.00191. The third-order valence-electron chi connectivity index (χ3n) is 7.03. The van der Waals surface area contributed by atoms with Gasteiger partial charge in [-0.05, 0) is 55.7 Å². The second-order valence-electron chi connectivity index (χ2n) is 10.1. The Labute approximate surface area is 248 Å². The molecule has 3 atom stereocenters. The first-order chi connectivity index (χ1) is 20.2. The van der Waals surface area contributed by atoms with Gasteiger partial charge in [-0.2, -0.15) is 0 Å². The van der Waals surface area contributed by atoms with Gasteiger partial charge in [-0.25, -0.2) is 0 Å². The summed E-state index contributed by atoms with van der Waals surface area (Å²) in [6, 6.07) is 10.7. The maximum Gasteiger partial charge on any atom is 0.255 e. The lowest BCUT2D eigenvalue weighted by Gasteiger charge is -2.30. The van der Waals surface area contributed by atoms with E-state index in [4.69, 9.17) is 26.8 Å². The van der Waals surface area contributed by atoms with Crippen LogP contribution in [0.4, 0.5) is 0 Å². The van der Waals surface area contributed by atoms with Crippen molar-refractivity contribution in [3.8, 4) is 11.5 Å². The van der Waals surface area contributed by atoms with Crippen LogP contribution in [0.15, 0.2) is 48.5 Å². The minimum Gasteiger partial charge on any atom is -0.492 e. The van der Waals surface area contributed by atoms with Gasteiger partial charge in [0.15, 0.2) is 0 Å². The van der Waals surface area contributed by atoms with Crippen molar-refractivity contribution in [3.05, 3.63) is 59.1 Å². The number of nitrogens with two attached hydrogens (primary N) is 1. The first-order valence-electron chi connectivity index (χ1n) is 13.8. The van der Waals surface area contributed by atoms with Gasteiger partial charge in [-0.1, -0.05) is 23.7 Å². The van der Waals surface area contributed by atoms with Gasteiger partial charge >= 0.3 is 0 Å². The number of carbonyl (C=O) groups is 5. The predicted molar refractivity (Wildman–Crippen MR) is 153 cm³/mol. The summed E-state index contributed by atoms with van der Waals surface area (Å²) in [6.45, 7) is 0.800. The molecule has 4 rings (SSSR count). The lowest BCUT2D eigenvalue weighted by molar-refractivity contribution is -0.138. The number of nitrogens with one attached hydrogen (secondary N) is 3. The number of benzene rings is 2.